The summed E-state index contributed by atoms with van der Waals surface area (Å²) in [6, 6.07) is 3.73. The summed E-state index contributed by atoms with van der Waals surface area (Å²) in [7, 11) is 0. The number of aliphatic hydroxyl groups is 1. The van der Waals surface area contributed by atoms with Crippen LogP contribution < -0.4 is 5.73 Å². The third-order valence-electron chi connectivity index (χ3n) is 2.13. The lowest BCUT2D eigenvalue weighted by molar-refractivity contribution is 0.177. The van der Waals surface area contributed by atoms with Gasteiger partial charge in [-0.25, -0.2) is 4.98 Å². The summed E-state index contributed by atoms with van der Waals surface area (Å²) in [5, 5.41) is 9.46. The van der Waals surface area contributed by atoms with Gasteiger partial charge in [0.1, 0.15) is 11.9 Å². The Morgan fingerprint density at radius 2 is 2.13 bits per heavy atom. The van der Waals surface area contributed by atoms with Crippen LogP contribution in [0.25, 0.3) is 11.3 Å². The van der Waals surface area contributed by atoms with Crippen molar-refractivity contribution < 1.29 is 5.11 Å². The Hall–Kier alpha value is -1.72. The largest absolute Gasteiger partial charge is 0.384 e. The number of aromatic amines is 1. The summed E-state index contributed by atoms with van der Waals surface area (Å²) in [6.45, 7) is 0.156. The molecule has 0 aliphatic heterocycles. The van der Waals surface area contributed by atoms with E-state index in [1.54, 1.807) is 18.6 Å². The molecule has 2 heterocycles. The highest BCUT2D eigenvalue weighted by Gasteiger charge is 2.09. The lowest BCUT2D eigenvalue weighted by atomic mass is 10.2. The number of nitrogens with one attached hydrogen (secondary N) is 1. The van der Waals surface area contributed by atoms with Crippen molar-refractivity contribution in [3.8, 4) is 11.3 Å². The van der Waals surface area contributed by atoms with Crippen LogP contribution in [-0.2, 0) is 0 Å². The number of hydrogen-bond acceptors (Lipinski definition) is 4. The smallest absolute Gasteiger partial charge is 0.136 e. The van der Waals surface area contributed by atoms with Crippen molar-refractivity contribution in [2.45, 2.75) is 6.10 Å². The molecule has 0 aliphatic rings. The first-order chi connectivity index (χ1) is 7.31. The van der Waals surface area contributed by atoms with Crippen molar-refractivity contribution in [3.05, 3.63) is 36.5 Å². The first-order valence-electron chi connectivity index (χ1n) is 4.64. The Bertz CT molecular complexity index is 426. The molecule has 78 valence electrons. The second-order valence-electron chi connectivity index (χ2n) is 3.17. The second kappa shape index (κ2) is 4.20. The number of H-pyrrole nitrogens is 1. The maximum atomic E-state index is 9.46. The van der Waals surface area contributed by atoms with Crippen LogP contribution in [0.3, 0.4) is 0 Å². The van der Waals surface area contributed by atoms with Gasteiger partial charge in [0.05, 0.1) is 11.9 Å². The van der Waals surface area contributed by atoms with Gasteiger partial charge in [-0.3, -0.25) is 4.98 Å². The van der Waals surface area contributed by atoms with Gasteiger partial charge in [-0.05, 0) is 12.1 Å². The van der Waals surface area contributed by atoms with E-state index < -0.39 is 6.10 Å². The molecule has 2 aromatic heterocycles. The zero-order valence-electron chi connectivity index (χ0n) is 8.09. The molecule has 1 unspecified atom stereocenters. The number of rotatable bonds is 3. The van der Waals surface area contributed by atoms with Crippen molar-refractivity contribution in [3.63, 3.8) is 0 Å². The monoisotopic (exact) mass is 204 g/mol. The van der Waals surface area contributed by atoms with Gasteiger partial charge >= 0.3 is 0 Å². The van der Waals surface area contributed by atoms with E-state index in [4.69, 9.17) is 5.73 Å². The fourth-order valence-electron chi connectivity index (χ4n) is 1.30. The lowest BCUT2D eigenvalue weighted by Crippen LogP contribution is -2.12. The average molecular weight is 204 g/mol. The number of pyridine rings is 1. The van der Waals surface area contributed by atoms with E-state index in [1.165, 1.54) is 0 Å². The van der Waals surface area contributed by atoms with Crippen molar-refractivity contribution >= 4 is 0 Å². The summed E-state index contributed by atoms with van der Waals surface area (Å²) in [5.74, 6) is 0.490. The fourth-order valence-corrected chi connectivity index (χ4v) is 1.30. The van der Waals surface area contributed by atoms with Crippen molar-refractivity contribution in [2.24, 2.45) is 5.73 Å². The molecule has 0 fully saturated rings. The van der Waals surface area contributed by atoms with Gasteiger partial charge in [0.2, 0.25) is 0 Å². The van der Waals surface area contributed by atoms with Gasteiger partial charge in [-0.1, -0.05) is 0 Å². The van der Waals surface area contributed by atoms with Gasteiger partial charge < -0.3 is 15.8 Å². The molecule has 0 amide bonds. The Kier molecular flexibility index (Phi) is 2.75. The van der Waals surface area contributed by atoms with E-state index in [0.29, 0.717) is 5.82 Å². The highest BCUT2D eigenvalue weighted by atomic mass is 16.3. The highest BCUT2D eigenvalue weighted by molar-refractivity contribution is 5.57. The highest BCUT2D eigenvalue weighted by Crippen LogP contribution is 2.17. The Balaban J connectivity index is 2.28. The Morgan fingerprint density at radius 1 is 1.40 bits per heavy atom. The number of nitrogens with two attached hydrogens (primary N) is 1. The van der Waals surface area contributed by atoms with E-state index in [-0.39, 0.29) is 6.54 Å². The van der Waals surface area contributed by atoms with Crippen LogP contribution in [0.1, 0.15) is 11.9 Å². The van der Waals surface area contributed by atoms with E-state index >= 15 is 0 Å². The van der Waals surface area contributed by atoms with Crippen LogP contribution in [0, 0.1) is 0 Å². The third kappa shape index (κ3) is 2.03. The zero-order valence-corrected chi connectivity index (χ0v) is 8.09. The summed E-state index contributed by atoms with van der Waals surface area (Å²) < 4.78 is 0. The molecule has 0 aliphatic carbocycles. The van der Waals surface area contributed by atoms with Crippen LogP contribution in [0.15, 0.2) is 30.7 Å². The second-order valence-corrected chi connectivity index (χ2v) is 3.17. The van der Waals surface area contributed by atoms with E-state index in [1.807, 2.05) is 12.1 Å². The topological polar surface area (TPSA) is 87.8 Å². The van der Waals surface area contributed by atoms with E-state index in [2.05, 4.69) is 15.0 Å². The van der Waals surface area contributed by atoms with Gasteiger partial charge in [-0.2, -0.15) is 0 Å². The van der Waals surface area contributed by atoms with Gasteiger partial charge in [0.25, 0.3) is 0 Å². The number of aromatic nitrogens is 3. The lowest BCUT2D eigenvalue weighted by Gasteiger charge is -2.02. The van der Waals surface area contributed by atoms with Crippen LogP contribution >= 0.6 is 0 Å². The minimum absolute atomic E-state index is 0.156. The molecule has 0 saturated carbocycles. The molecular weight excluding hydrogens is 192 g/mol. The third-order valence-corrected chi connectivity index (χ3v) is 2.13. The molecule has 0 aromatic carbocycles. The molecule has 5 heteroatoms. The average Bonchev–Trinajstić information content (AvgIpc) is 2.78. The normalized spacial score (nSPS) is 12.7. The minimum atomic E-state index is -0.736. The minimum Gasteiger partial charge on any atom is -0.384 e. The maximum absolute atomic E-state index is 9.46. The van der Waals surface area contributed by atoms with E-state index in [0.717, 1.165) is 11.3 Å². The number of imidazole rings is 1. The number of hydrogen-bond donors (Lipinski definition) is 3. The maximum Gasteiger partial charge on any atom is 0.136 e. The quantitative estimate of drug-likeness (QED) is 0.678. The summed E-state index contributed by atoms with van der Waals surface area (Å²) in [6.07, 6.45) is 4.34. The molecule has 5 nitrogen and oxygen atoms in total. The predicted molar refractivity (Wildman–Crippen MR) is 55.8 cm³/mol. The molecule has 0 spiro atoms. The van der Waals surface area contributed by atoms with Gasteiger partial charge in [0, 0.05) is 24.5 Å². The molecule has 4 N–H and O–H groups in total. The zero-order chi connectivity index (χ0) is 10.7. The Labute approximate surface area is 87.0 Å². The van der Waals surface area contributed by atoms with Crippen LogP contribution in [0.5, 0.6) is 0 Å². The summed E-state index contributed by atoms with van der Waals surface area (Å²) in [4.78, 5) is 11.0. The SMILES string of the molecule is NCC(O)c1ncc(-c2ccncc2)[nH]1. The molecule has 0 radical (unpaired) electrons. The molecular formula is C10H12N4O. The van der Waals surface area contributed by atoms with Crippen molar-refractivity contribution in [2.75, 3.05) is 6.54 Å². The van der Waals surface area contributed by atoms with Crippen LogP contribution in [0.4, 0.5) is 0 Å². The van der Waals surface area contributed by atoms with Crippen molar-refractivity contribution in [1.29, 1.82) is 0 Å². The first kappa shape index (κ1) is 9.82. The predicted octanol–water partition coefficient (Wildman–Crippen LogP) is 0.464. The summed E-state index contributed by atoms with van der Waals surface area (Å²) in [5.41, 5.74) is 7.16. The molecule has 0 bridgehead atoms. The molecule has 15 heavy (non-hydrogen) atoms. The van der Waals surface area contributed by atoms with Crippen LogP contribution in [-0.4, -0.2) is 26.6 Å². The molecule has 2 aromatic rings. The molecule has 1 atom stereocenters. The number of aliphatic hydroxyl groups excluding tert-OH is 1. The standard InChI is InChI=1S/C10H12N4O/c11-5-9(15)10-13-6-8(14-10)7-1-3-12-4-2-7/h1-4,6,9,15H,5,11H2,(H,13,14). The van der Waals surface area contributed by atoms with Gasteiger partial charge in [-0.15, -0.1) is 0 Å². The van der Waals surface area contributed by atoms with Crippen molar-refractivity contribution in [1.82, 2.24) is 15.0 Å². The van der Waals surface area contributed by atoms with E-state index in [9.17, 15) is 5.11 Å². The Morgan fingerprint density at radius 3 is 2.80 bits per heavy atom. The summed E-state index contributed by atoms with van der Waals surface area (Å²) >= 11 is 0. The first-order valence-corrected chi connectivity index (χ1v) is 4.64. The van der Waals surface area contributed by atoms with Gasteiger partial charge in [0.15, 0.2) is 0 Å². The number of nitrogens with zero attached hydrogens (tertiary/aromatic N) is 2. The molecule has 0 saturated heterocycles. The van der Waals surface area contributed by atoms with Crippen LogP contribution in [0.2, 0.25) is 0 Å². The molecule has 2 rings (SSSR count). The fraction of sp³-hybridized carbons (Fsp3) is 0.200.